The van der Waals surface area contributed by atoms with Crippen molar-refractivity contribution in [1.29, 1.82) is 0 Å². The van der Waals surface area contributed by atoms with Crippen molar-refractivity contribution in [2.24, 2.45) is 0 Å². The van der Waals surface area contributed by atoms with Gasteiger partial charge < -0.3 is 9.88 Å². The van der Waals surface area contributed by atoms with Crippen LogP contribution in [0.15, 0.2) is 48.5 Å². The van der Waals surface area contributed by atoms with E-state index in [9.17, 15) is 4.79 Å². The molecule has 1 aliphatic rings. The topological polar surface area (TPSA) is 50.2 Å². The molecule has 4 rings (SSSR count). The zero-order valence-electron chi connectivity index (χ0n) is 16.5. The number of nitrogens with one attached hydrogen (secondary N) is 1. The van der Waals surface area contributed by atoms with Gasteiger partial charge in [-0.15, -0.1) is 0 Å². The molecule has 0 spiro atoms. The predicted molar refractivity (Wildman–Crippen MR) is 112 cm³/mol. The van der Waals surface area contributed by atoms with Gasteiger partial charge >= 0.3 is 0 Å². The molecule has 2 heterocycles. The molecule has 28 heavy (non-hydrogen) atoms. The minimum atomic E-state index is -0.0217. The zero-order valence-corrected chi connectivity index (χ0v) is 16.5. The van der Waals surface area contributed by atoms with Crippen molar-refractivity contribution in [3.8, 4) is 0 Å². The van der Waals surface area contributed by atoms with Crippen LogP contribution in [-0.2, 0) is 13.1 Å². The van der Waals surface area contributed by atoms with Gasteiger partial charge in [0, 0.05) is 25.2 Å². The second-order valence-corrected chi connectivity index (χ2v) is 7.59. The third kappa shape index (κ3) is 4.25. The van der Waals surface area contributed by atoms with Gasteiger partial charge in [0.15, 0.2) is 0 Å². The summed E-state index contributed by atoms with van der Waals surface area (Å²) in [6, 6.07) is 16.1. The molecule has 2 aromatic carbocycles. The van der Waals surface area contributed by atoms with Crippen molar-refractivity contribution in [3.63, 3.8) is 0 Å². The second kappa shape index (κ2) is 8.57. The molecule has 0 unspecified atom stereocenters. The SMILES string of the molecule is Cc1nc2ccccc2n1CCNC(=O)c1ccc(CN2CCCCC2)cc1. The normalized spacial score (nSPS) is 15.0. The molecular weight excluding hydrogens is 348 g/mol. The maximum atomic E-state index is 12.5. The highest BCUT2D eigenvalue weighted by Gasteiger charge is 2.11. The van der Waals surface area contributed by atoms with E-state index in [0.29, 0.717) is 13.1 Å². The number of imidazole rings is 1. The van der Waals surface area contributed by atoms with Gasteiger partial charge in [-0.3, -0.25) is 9.69 Å². The molecule has 3 aromatic rings. The first kappa shape index (κ1) is 18.7. The molecule has 5 heteroatoms. The number of rotatable bonds is 6. The van der Waals surface area contributed by atoms with E-state index < -0.39 is 0 Å². The molecule has 0 bridgehead atoms. The summed E-state index contributed by atoms with van der Waals surface area (Å²) in [6.07, 6.45) is 3.95. The quantitative estimate of drug-likeness (QED) is 0.713. The summed E-state index contributed by atoms with van der Waals surface area (Å²) in [5.41, 5.74) is 4.10. The van der Waals surface area contributed by atoms with E-state index in [0.717, 1.165) is 29.0 Å². The Hall–Kier alpha value is -2.66. The van der Waals surface area contributed by atoms with Gasteiger partial charge in [0.05, 0.1) is 11.0 Å². The lowest BCUT2D eigenvalue weighted by molar-refractivity contribution is 0.0952. The van der Waals surface area contributed by atoms with Gasteiger partial charge in [-0.05, 0) is 62.7 Å². The molecule has 0 radical (unpaired) electrons. The maximum Gasteiger partial charge on any atom is 0.251 e. The van der Waals surface area contributed by atoms with Crippen molar-refractivity contribution in [2.45, 2.75) is 39.3 Å². The number of likely N-dealkylation sites (tertiary alicyclic amines) is 1. The van der Waals surface area contributed by atoms with Crippen molar-refractivity contribution in [2.75, 3.05) is 19.6 Å². The van der Waals surface area contributed by atoms with E-state index in [2.05, 4.69) is 38.0 Å². The number of hydrogen-bond donors (Lipinski definition) is 1. The molecule has 1 N–H and O–H groups in total. The Morgan fingerprint density at radius 3 is 2.57 bits per heavy atom. The number of aromatic nitrogens is 2. The smallest absolute Gasteiger partial charge is 0.251 e. The third-order valence-corrected chi connectivity index (χ3v) is 5.54. The van der Waals surface area contributed by atoms with Gasteiger partial charge in [-0.2, -0.15) is 0 Å². The predicted octanol–water partition coefficient (Wildman–Crippen LogP) is 3.76. The first-order valence-corrected chi connectivity index (χ1v) is 10.2. The maximum absolute atomic E-state index is 12.5. The highest BCUT2D eigenvalue weighted by Crippen LogP contribution is 2.15. The molecule has 1 aliphatic heterocycles. The first-order chi connectivity index (χ1) is 13.7. The molecule has 146 valence electrons. The van der Waals surface area contributed by atoms with Crippen LogP contribution in [0.5, 0.6) is 0 Å². The molecule has 0 aliphatic carbocycles. The Labute approximate surface area is 166 Å². The minimum Gasteiger partial charge on any atom is -0.350 e. The summed E-state index contributed by atoms with van der Waals surface area (Å²) in [4.78, 5) is 19.5. The van der Waals surface area contributed by atoms with Crippen molar-refractivity contribution >= 4 is 16.9 Å². The van der Waals surface area contributed by atoms with Gasteiger partial charge in [0.25, 0.3) is 5.91 Å². The van der Waals surface area contributed by atoms with Crippen molar-refractivity contribution in [3.05, 3.63) is 65.5 Å². The number of carbonyl (C=O) groups excluding carboxylic acids is 1. The van der Waals surface area contributed by atoms with Crippen LogP contribution in [0.4, 0.5) is 0 Å². The van der Waals surface area contributed by atoms with Crippen molar-refractivity contribution in [1.82, 2.24) is 19.8 Å². The monoisotopic (exact) mass is 376 g/mol. The van der Waals surface area contributed by atoms with Crippen LogP contribution in [0, 0.1) is 6.92 Å². The van der Waals surface area contributed by atoms with E-state index in [4.69, 9.17) is 0 Å². The zero-order chi connectivity index (χ0) is 19.3. The Morgan fingerprint density at radius 1 is 1.04 bits per heavy atom. The summed E-state index contributed by atoms with van der Waals surface area (Å²) >= 11 is 0. The minimum absolute atomic E-state index is 0.0217. The fourth-order valence-corrected chi connectivity index (χ4v) is 4.00. The number of benzene rings is 2. The number of nitrogens with zero attached hydrogens (tertiary/aromatic N) is 3. The van der Waals surface area contributed by atoms with Gasteiger partial charge in [-0.25, -0.2) is 4.98 Å². The van der Waals surface area contributed by atoms with Crippen LogP contribution in [-0.4, -0.2) is 40.0 Å². The van der Waals surface area contributed by atoms with Crippen LogP contribution in [0.25, 0.3) is 11.0 Å². The molecular formula is C23H28N4O. The molecule has 0 saturated carbocycles. The highest BCUT2D eigenvalue weighted by molar-refractivity contribution is 5.94. The average Bonchev–Trinajstić information content (AvgIpc) is 3.04. The van der Waals surface area contributed by atoms with E-state index >= 15 is 0 Å². The molecule has 1 aromatic heterocycles. The fourth-order valence-electron chi connectivity index (χ4n) is 4.00. The largest absolute Gasteiger partial charge is 0.350 e. The second-order valence-electron chi connectivity index (χ2n) is 7.59. The number of amides is 1. The summed E-state index contributed by atoms with van der Waals surface area (Å²) in [5.74, 6) is 0.948. The van der Waals surface area contributed by atoms with Gasteiger partial charge in [0.1, 0.15) is 5.82 Å². The summed E-state index contributed by atoms with van der Waals surface area (Å²) in [5, 5.41) is 3.03. The third-order valence-electron chi connectivity index (χ3n) is 5.54. The Balaban J connectivity index is 1.31. The van der Waals surface area contributed by atoms with Crippen molar-refractivity contribution < 1.29 is 4.79 Å². The fraction of sp³-hybridized carbons (Fsp3) is 0.391. The molecule has 1 fully saturated rings. The number of para-hydroxylation sites is 2. The summed E-state index contributed by atoms with van der Waals surface area (Å²) in [7, 11) is 0. The van der Waals surface area contributed by atoms with Crippen LogP contribution < -0.4 is 5.32 Å². The lowest BCUT2D eigenvalue weighted by Gasteiger charge is -2.26. The van der Waals surface area contributed by atoms with E-state index in [1.807, 2.05) is 37.3 Å². The number of hydrogen-bond acceptors (Lipinski definition) is 3. The van der Waals surface area contributed by atoms with Gasteiger partial charge in [-0.1, -0.05) is 30.7 Å². The van der Waals surface area contributed by atoms with E-state index in [-0.39, 0.29) is 5.91 Å². The highest BCUT2D eigenvalue weighted by atomic mass is 16.1. The van der Waals surface area contributed by atoms with Gasteiger partial charge in [0.2, 0.25) is 0 Å². The van der Waals surface area contributed by atoms with Crippen LogP contribution in [0.3, 0.4) is 0 Å². The number of piperidine rings is 1. The molecule has 1 amide bonds. The number of aryl methyl sites for hydroxylation is 1. The van der Waals surface area contributed by atoms with Crippen LogP contribution in [0.2, 0.25) is 0 Å². The summed E-state index contributed by atoms with van der Waals surface area (Å²) in [6.45, 7) is 6.65. The summed E-state index contributed by atoms with van der Waals surface area (Å²) < 4.78 is 2.15. The lowest BCUT2D eigenvalue weighted by atomic mass is 10.1. The lowest BCUT2D eigenvalue weighted by Crippen LogP contribution is -2.29. The number of fused-ring (bicyclic) bond motifs is 1. The van der Waals surface area contributed by atoms with E-state index in [1.54, 1.807) is 0 Å². The molecule has 1 saturated heterocycles. The van der Waals surface area contributed by atoms with E-state index in [1.165, 1.54) is 37.9 Å². The number of carbonyl (C=O) groups is 1. The van der Waals surface area contributed by atoms with Crippen LogP contribution in [0.1, 0.15) is 41.0 Å². The average molecular weight is 377 g/mol. The molecule has 5 nitrogen and oxygen atoms in total. The standard InChI is InChI=1S/C23H28N4O/c1-18-25-21-7-3-4-8-22(21)27(18)16-13-24-23(28)20-11-9-19(10-12-20)17-26-14-5-2-6-15-26/h3-4,7-12H,2,5-6,13-17H2,1H3,(H,24,28). The van der Waals surface area contributed by atoms with Crippen LogP contribution >= 0.6 is 0 Å². The Morgan fingerprint density at radius 2 is 1.79 bits per heavy atom. The molecule has 0 atom stereocenters. The first-order valence-electron chi connectivity index (χ1n) is 10.2. The Kier molecular flexibility index (Phi) is 5.72. The Bertz CT molecular complexity index is 939.